The predicted molar refractivity (Wildman–Crippen MR) is 56.8 cm³/mol. The zero-order valence-corrected chi connectivity index (χ0v) is 8.86. The molecule has 4 heteroatoms. The molecule has 15 heavy (non-hydrogen) atoms. The summed E-state index contributed by atoms with van der Waals surface area (Å²) in [6.45, 7) is 1.68. The molecule has 1 aromatic rings. The average Bonchev–Trinajstić information content (AvgIpc) is 2.30. The van der Waals surface area contributed by atoms with E-state index in [-0.39, 0.29) is 0 Å². The lowest BCUT2D eigenvalue weighted by Gasteiger charge is -2.31. The van der Waals surface area contributed by atoms with Gasteiger partial charge < -0.3 is 15.2 Å². The van der Waals surface area contributed by atoms with Gasteiger partial charge in [0, 0.05) is 0 Å². The fraction of sp³-hybridized carbons (Fsp3) is 0.545. The van der Waals surface area contributed by atoms with E-state index in [0.717, 1.165) is 24.5 Å². The van der Waals surface area contributed by atoms with Gasteiger partial charge in [0.2, 0.25) is 0 Å². The molecule has 0 atom stereocenters. The van der Waals surface area contributed by atoms with Gasteiger partial charge in [-0.1, -0.05) is 0 Å². The van der Waals surface area contributed by atoms with Crippen molar-refractivity contribution in [3.8, 4) is 5.75 Å². The van der Waals surface area contributed by atoms with E-state index in [4.69, 9.17) is 4.74 Å². The van der Waals surface area contributed by atoms with Crippen LogP contribution in [0.15, 0.2) is 18.3 Å². The maximum Gasteiger partial charge on any atom is 0.137 e. The van der Waals surface area contributed by atoms with Gasteiger partial charge in [-0.15, -0.1) is 0 Å². The summed E-state index contributed by atoms with van der Waals surface area (Å²) in [6.07, 6.45) is 3.08. The van der Waals surface area contributed by atoms with Gasteiger partial charge in [-0.05, 0) is 38.1 Å². The largest absolute Gasteiger partial charge is 0.495 e. The topological polar surface area (TPSA) is 54.4 Å². The Morgan fingerprint density at radius 1 is 1.40 bits per heavy atom. The first-order valence-electron chi connectivity index (χ1n) is 5.18. The molecule has 2 rings (SSSR count). The molecule has 1 fully saturated rings. The maximum atomic E-state index is 10.4. The van der Waals surface area contributed by atoms with Gasteiger partial charge >= 0.3 is 0 Å². The molecule has 0 bridgehead atoms. The van der Waals surface area contributed by atoms with Gasteiger partial charge in [-0.3, -0.25) is 4.98 Å². The molecule has 82 valence electrons. The fourth-order valence-electron chi connectivity index (χ4n) is 1.87. The number of nitrogens with zero attached hydrogens (tertiary/aromatic N) is 1. The third-order valence-corrected chi connectivity index (χ3v) is 2.88. The Morgan fingerprint density at radius 3 is 2.67 bits per heavy atom. The van der Waals surface area contributed by atoms with Crippen molar-refractivity contribution in [2.24, 2.45) is 0 Å². The molecule has 1 aromatic heterocycles. The monoisotopic (exact) mass is 208 g/mol. The third-order valence-electron chi connectivity index (χ3n) is 2.88. The van der Waals surface area contributed by atoms with Crippen molar-refractivity contribution >= 4 is 0 Å². The van der Waals surface area contributed by atoms with E-state index >= 15 is 0 Å². The third kappa shape index (κ3) is 2.11. The van der Waals surface area contributed by atoms with E-state index in [0.29, 0.717) is 12.8 Å². The molecule has 2 N–H and O–H groups in total. The van der Waals surface area contributed by atoms with E-state index in [1.807, 2.05) is 12.1 Å². The summed E-state index contributed by atoms with van der Waals surface area (Å²) < 4.78 is 5.03. The highest BCUT2D eigenvalue weighted by atomic mass is 16.5. The lowest BCUT2D eigenvalue weighted by atomic mass is 9.89. The summed E-state index contributed by atoms with van der Waals surface area (Å²) in [4.78, 5) is 4.24. The van der Waals surface area contributed by atoms with Crippen LogP contribution in [0.2, 0.25) is 0 Å². The highest BCUT2D eigenvalue weighted by Gasteiger charge is 2.32. The van der Waals surface area contributed by atoms with Crippen LogP contribution in [0.3, 0.4) is 0 Å². The molecule has 0 aromatic carbocycles. The second kappa shape index (κ2) is 4.16. The molecule has 4 nitrogen and oxygen atoms in total. The molecule has 0 spiro atoms. The molecule has 0 unspecified atom stereocenters. The van der Waals surface area contributed by atoms with E-state index in [1.165, 1.54) is 0 Å². The Morgan fingerprint density at radius 2 is 2.13 bits per heavy atom. The summed E-state index contributed by atoms with van der Waals surface area (Å²) in [6, 6.07) is 3.67. The first-order chi connectivity index (χ1) is 7.24. The number of hydrogen-bond acceptors (Lipinski definition) is 4. The number of methoxy groups -OCH3 is 1. The number of pyridine rings is 1. The van der Waals surface area contributed by atoms with Crippen molar-refractivity contribution in [1.82, 2.24) is 10.3 Å². The quantitative estimate of drug-likeness (QED) is 0.749. The minimum Gasteiger partial charge on any atom is -0.495 e. The van der Waals surface area contributed by atoms with Crippen molar-refractivity contribution in [2.75, 3.05) is 20.2 Å². The Hall–Kier alpha value is -1.13. The van der Waals surface area contributed by atoms with E-state index in [9.17, 15) is 5.11 Å². The van der Waals surface area contributed by atoms with Crippen LogP contribution >= 0.6 is 0 Å². The van der Waals surface area contributed by atoms with Crippen LogP contribution in [-0.2, 0) is 5.60 Å². The molecule has 1 aliphatic heterocycles. The van der Waals surface area contributed by atoms with Crippen molar-refractivity contribution in [3.05, 3.63) is 24.0 Å². The Kier molecular flexibility index (Phi) is 2.88. The Balaban J connectivity index is 2.20. The normalized spacial score (nSPS) is 19.9. The Labute approximate surface area is 89.3 Å². The SMILES string of the molecule is COc1ccc(C2(O)CCNCC2)nc1. The average molecular weight is 208 g/mol. The van der Waals surface area contributed by atoms with E-state index in [2.05, 4.69) is 10.3 Å². The molecule has 0 aliphatic carbocycles. The molecule has 0 amide bonds. The standard InChI is InChI=1S/C11H16N2O2/c1-15-9-2-3-10(13-8-9)11(14)4-6-12-7-5-11/h2-3,8,12,14H,4-7H2,1H3. The summed E-state index contributed by atoms with van der Waals surface area (Å²) in [7, 11) is 1.61. The lowest BCUT2D eigenvalue weighted by molar-refractivity contribution is 0.00182. The molecule has 0 saturated carbocycles. The minimum absolute atomic E-state index is 0.715. The molecule has 0 radical (unpaired) electrons. The molecule has 1 aliphatic rings. The second-order valence-electron chi connectivity index (χ2n) is 3.86. The number of aromatic nitrogens is 1. The van der Waals surface area contributed by atoms with Crippen molar-refractivity contribution in [2.45, 2.75) is 18.4 Å². The van der Waals surface area contributed by atoms with Crippen molar-refractivity contribution < 1.29 is 9.84 Å². The van der Waals surface area contributed by atoms with Gasteiger partial charge in [-0.2, -0.15) is 0 Å². The van der Waals surface area contributed by atoms with Crippen molar-refractivity contribution in [3.63, 3.8) is 0 Å². The zero-order valence-electron chi connectivity index (χ0n) is 8.86. The Bertz CT molecular complexity index is 318. The number of ether oxygens (including phenoxy) is 1. The van der Waals surface area contributed by atoms with Gasteiger partial charge in [0.25, 0.3) is 0 Å². The van der Waals surface area contributed by atoms with Crippen LogP contribution in [-0.4, -0.2) is 30.3 Å². The van der Waals surface area contributed by atoms with Gasteiger partial charge in [-0.25, -0.2) is 0 Å². The maximum absolute atomic E-state index is 10.4. The van der Waals surface area contributed by atoms with Crippen LogP contribution in [0.1, 0.15) is 18.5 Å². The highest BCUT2D eigenvalue weighted by Crippen LogP contribution is 2.29. The van der Waals surface area contributed by atoms with Crippen LogP contribution in [0.5, 0.6) is 5.75 Å². The smallest absolute Gasteiger partial charge is 0.137 e. The summed E-state index contributed by atoms with van der Waals surface area (Å²) >= 11 is 0. The fourth-order valence-corrected chi connectivity index (χ4v) is 1.87. The first kappa shape index (κ1) is 10.4. The molecular formula is C11H16N2O2. The molecule has 2 heterocycles. The van der Waals surface area contributed by atoms with Crippen LogP contribution in [0.4, 0.5) is 0 Å². The number of piperidine rings is 1. The van der Waals surface area contributed by atoms with Gasteiger partial charge in [0.15, 0.2) is 0 Å². The number of hydrogen-bond donors (Lipinski definition) is 2. The number of nitrogens with one attached hydrogen (secondary N) is 1. The molecule has 1 saturated heterocycles. The van der Waals surface area contributed by atoms with Crippen LogP contribution in [0, 0.1) is 0 Å². The summed E-state index contributed by atoms with van der Waals surface area (Å²) in [5.41, 5.74) is -0.0258. The highest BCUT2D eigenvalue weighted by molar-refractivity contribution is 5.23. The number of rotatable bonds is 2. The summed E-state index contributed by atoms with van der Waals surface area (Å²) in [5, 5.41) is 13.6. The zero-order chi connectivity index (χ0) is 10.7. The minimum atomic E-state index is -0.766. The van der Waals surface area contributed by atoms with Crippen LogP contribution < -0.4 is 10.1 Å². The second-order valence-corrected chi connectivity index (χ2v) is 3.86. The van der Waals surface area contributed by atoms with Gasteiger partial charge in [0.05, 0.1) is 19.0 Å². The van der Waals surface area contributed by atoms with E-state index in [1.54, 1.807) is 13.3 Å². The van der Waals surface area contributed by atoms with Gasteiger partial charge in [0.1, 0.15) is 11.4 Å². The summed E-state index contributed by atoms with van der Waals surface area (Å²) in [5.74, 6) is 0.719. The predicted octanol–water partition coefficient (Wildman–Crippen LogP) is 0.661. The number of aliphatic hydroxyl groups is 1. The first-order valence-corrected chi connectivity index (χ1v) is 5.18. The lowest BCUT2D eigenvalue weighted by Crippen LogP contribution is -2.40. The van der Waals surface area contributed by atoms with E-state index < -0.39 is 5.60 Å². The van der Waals surface area contributed by atoms with Crippen molar-refractivity contribution in [1.29, 1.82) is 0 Å². The van der Waals surface area contributed by atoms with Crippen LogP contribution in [0.25, 0.3) is 0 Å². The molecular weight excluding hydrogens is 192 g/mol.